The standard InChI is InChI=1S/C24H26F6N2O5/c1-4-6-20(33)12-19-11-18(10-17(5-2)32(19)21(34)35)31(22(36)37-3)13-14-7-15(23(25,26)27)9-16(8-14)24(28,29)30/h7-9,17-19H,5,10-13H2,1-3H3,(H,34,35). The van der Waals surface area contributed by atoms with E-state index in [0.717, 1.165) is 16.9 Å². The van der Waals surface area contributed by atoms with Crippen molar-refractivity contribution in [3.63, 3.8) is 0 Å². The monoisotopic (exact) mass is 536 g/mol. The Morgan fingerprint density at radius 3 is 2.03 bits per heavy atom. The van der Waals surface area contributed by atoms with Crippen molar-refractivity contribution in [2.24, 2.45) is 0 Å². The van der Waals surface area contributed by atoms with E-state index in [4.69, 9.17) is 4.74 Å². The molecule has 13 heteroatoms. The quantitative estimate of drug-likeness (QED) is 0.292. The van der Waals surface area contributed by atoms with Crippen molar-refractivity contribution in [1.29, 1.82) is 0 Å². The van der Waals surface area contributed by atoms with E-state index in [9.17, 15) is 45.8 Å². The molecule has 1 heterocycles. The van der Waals surface area contributed by atoms with Crippen LogP contribution >= 0.6 is 0 Å². The molecule has 3 atom stereocenters. The fourth-order valence-corrected chi connectivity index (χ4v) is 4.53. The lowest BCUT2D eigenvalue weighted by Gasteiger charge is -2.46. The van der Waals surface area contributed by atoms with Crippen LogP contribution in [-0.4, -0.2) is 58.1 Å². The zero-order chi connectivity index (χ0) is 28.1. The SMILES string of the molecule is CC#CC(=O)CC1CC(N(Cc2cc(C(F)(F)F)cc(C(F)(F)F)c2)C(=O)OC)CC(CC)N1C(=O)O. The molecule has 204 valence electrons. The van der Waals surface area contributed by atoms with Gasteiger partial charge in [0.05, 0.1) is 18.2 Å². The average molecular weight is 536 g/mol. The number of ketones is 1. The Labute approximate surface area is 209 Å². The van der Waals surface area contributed by atoms with Crippen molar-refractivity contribution < 1.29 is 50.6 Å². The molecule has 1 aromatic rings. The highest BCUT2D eigenvalue weighted by Gasteiger charge is 2.42. The Kier molecular flexibility index (Phi) is 9.46. The van der Waals surface area contributed by atoms with Crippen LogP contribution in [0, 0.1) is 11.8 Å². The van der Waals surface area contributed by atoms with Gasteiger partial charge in [-0.2, -0.15) is 26.3 Å². The molecule has 2 rings (SSSR count). The van der Waals surface area contributed by atoms with Gasteiger partial charge >= 0.3 is 24.5 Å². The highest BCUT2D eigenvalue weighted by molar-refractivity contribution is 5.96. The van der Waals surface area contributed by atoms with E-state index < -0.39 is 71.7 Å². The third-order valence-electron chi connectivity index (χ3n) is 6.10. The Morgan fingerprint density at radius 2 is 1.59 bits per heavy atom. The van der Waals surface area contributed by atoms with Crippen LogP contribution in [0.3, 0.4) is 0 Å². The Bertz CT molecular complexity index is 1040. The van der Waals surface area contributed by atoms with Crippen LogP contribution in [0.25, 0.3) is 0 Å². The van der Waals surface area contributed by atoms with Gasteiger partial charge in [0.15, 0.2) is 0 Å². The Morgan fingerprint density at radius 1 is 1.05 bits per heavy atom. The molecule has 0 spiro atoms. The Hall–Kier alpha value is -3.43. The number of Topliss-reactive ketones (excluding diaryl/α,β-unsaturated/α-hetero) is 1. The first kappa shape index (κ1) is 29.8. The summed E-state index contributed by atoms with van der Waals surface area (Å²) in [6, 6.07) is -1.42. The van der Waals surface area contributed by atoms with Crippen LogP contribution in [0.1, 0.15) is 56.2 Å². The van der Waals surface area contributed by atoms with E-state index in [2.05, 4.69) is 11.8 Å². The van der Waals surface area contributed by atoms with E-state index in [1.54, 1.807) is 6.92 Å². The fraction of sp³-hybridized carbons (Fsp3) is 0.542. The molecule has 0 aromatic heterocycles. The number of piperidine rings is 1. The lowest BCUT2D eigenvalue weighted by molar-refractivity contribution is -0.143. The summed E-state index contributed by atoms with van der Waals surface area (Å²) in [5.74, 6) is 4.19. The minimum absolute atomic E-state index is 0.0130. The summed E-state index contributed by atoms with van der Waals surface area (Å²) < 4.78 is 84.7. The molecule has 1 fully saturated rings. The number of likely N-dealkylation sites (tertiary alicyclic amines) is 1. The molecular weight excluding hydrogens is 510 g/mol. The largest absolute Gasteiger partial charge is 0.465 e. The summed E-state index contributed by atoms with van der Waals surface area (Å²) in [4.78, 5) is 38.9. The number of amides is 2. The predicted molar refractivity (Wildman–Crippen MR) is 118 cm³/mol. The van der Waals surface area contributed by atoms with Crippen molar-refractivity contribution in [3.05, 3.63) is 34.9 Å². The number of rotatable bonds is 6. The van der Waals surface area contributed by atoms with Gasteiger partial charge in [0, 0.05) is 31.1 Å². The van der Waals surface area contributed by atoms with Gasteiger partial charge in [-0.1, -0.05) is 12.8 Å². The van der Waals surface area contributed by atoms with Gasteiger partial charge in [-0.25, -0.2) is 9.59 Å². The number of hydrogen-bond acceptors (Lipinski definition) is 4. The number of carboxylic acid groups (broad SMARTS) is 1. The van der Waals surface area contributed by atoms with Crippen molar-refractivity contribution in [3.8, 4) is 11.8 Å². The van der Waals surface area contributed by atoms with E-state index in [1.165, 1.54) is 6.92 Å². The average Bonchev–Trinajstić information content (AvgIpc) is 2.80. The second kappa shape index (κ2) is 11.7. The molecule has 37 heavy (non-hydrogen) atoms. The van der Waals surface area contributed by atoms with Gasteiger partial charge in [0.2, 0.25) is 5.78 Å². The summed E-state index contributed by atoms with van der Waals surface area (Å²) >= 11 is 0. The lowest BCUT2D eigenvalue weighted by atomic mass is 9.86. The number of nitrogens with zero attached hydrogens (tertiary/aromatic N) is 2. The first-order valence-electron chi connectivity index (χ1n) is 11.2. The molecule has 1 aliphatic heterocycles. The van der Waals surface area contributed by atoms with Gasteiger partial charge in [0.1, 0.15) is 0 Å². The predicted octanol–water partition coefficient (Wildman–Crippen LogP) is 5.56. The smallest absolute Gasteiger partial charge is 0.416 e. The lowest BCUT2D eigenvalue weighted by Crippen LogP contribution is -2.57. The molecule has 1 aliphatic rings. The molecule has 0 aliphatic carbocycles. The van der Waals surface area contributed by atoms with Crippen LogP contribution in [0.2, 0.25) is 0 Å². The van der Waals surface area contributed by atoms with Crippen LogP contribution in [0.5, 0.6) is 0 Å². The maximum Gasteiger partial charge on any atom is 0.416 e. The van der Waals surface area contributed by atoms with Crippen molar-refractivity contribution in [2.45, 2.75) is 76.6 Å². The number of halogens is 6. The number of carbonyl (C=O) groups excluding carboxylic acids is 2. The van der Waals surface area contributed by atoms with Gasteiger partial charge in [0.25, 0.3) is 0 Å². The second-order valence-corrected chi connectivity index (χ2v) is 8.55. The highest BCUT2D eigenvalue weighted by Crippen LogP contribution is 2.37. The van der Waals surface area contributed by atoms with E-state index >= 15 is 0 Å². The molecule has 2 amide bonds. The van der Waals surface area contributed by atoms with Crippen LogP contribution < -0.4 is 0 Å². The summed E-state index contributed by atoms with van der Waals surface area (Å²) in [5, 5.41) is 9.74. The molecule has 1 N–H and O–H groups in total. The molecule has 0 bridgehead atoms. The molecule has 7 nitrogen and oxygen atoms in total. The fourth-order valence-electron chi connectivity index (χ4n) is 4.53. The van der Waals surface area contributed by atoms with Crippen LogP contribution in [0.4, 0.5) is 35.9 Å². The van der Waals surface area contributed by atoms with Crippen molar-refractivity contribution in [2.75, 3.05) is 7.11 Å². The normalized spacial score (nSPS) is 20.0. The molecule has 0 radical (unpaired) electrons. The van der Waals surface area contributed by atoms with E-state index in [0.29, 0.717) is 12.1 Å². The number of ether oxygens (including phenoxy) is 1. The maximum absolute atomic E-state index is 13.3. The molecule has 0 saturated carbocycles. The number of alkyl halides is 6. The Balaban J connectivity index is 2.52. The molecule has 1 aromatic carbocycles. The molecule has 1 saturated heterocycles. The van der Waals surface area contributed by atoms with Crippen molar-refractivity contribution in [1.82, 2.24) is 9.80 Å². The molecular formula is C24H26F6N2O5. The van der Waals surface area contributed by atoms with Crippen LogP contribution in [-0.2, 0) is 28.4 Å². The number of hydrogen-bond donors (Lipinski definition) is 1. The highest BCUT2D eigenvalue weighted by atomic mass is 19.4. The minimum atomic E-state index is -5.07. The second-order valence-electron chi connectivity index (χ2n) is 8.55. The topological polar surface area (TPSA) is 87.2 Å². The first-order valence-corrected chi connectivity index (χ1v) is 11.2. The summed E-state index contributed by atoms with van der Waals surface area (Å²) in [5.41, 5.74) is -3.50. The number of methoxy groups -OCH3 is 1. The van der Waals surface area contributed by atoms with E-state index in [1.807, 2.05) is 0 Å². The van der Waals surface area contributed by atoms with Gasteiger partial charge in [-0.05, 0) is 55.9 Å². The number of benzene rings is 1. The zero-order valence-electron chi connectivity index (χ0n) is 20.2. The summed E-state index contributed by atoms with van der Waals surface area (Å²) in [6.45, 7) is 2.44. The first-order chi connectivity index (χ1) is 17.1. The van der Waals surface area contributed by atoms with Crippen LogP contribution in [0.15, 0.2) is 18.2 Å². The van der Waals surface area contributed by atoms with Gasteiger partial charge in [-0.3, -0.25) is 4.79 Å². The maximum atomic E-state index is 13.3. The third-order valence-corrected chi connectivity index (χ3v) is 6.10. The third kappa shape index (κ3) is 7.53. The van der Waals surface area contributed by atoms with Crippen molar-refractivity contribution >= 4 is 18.0 Å². The zero-order valence-corrected chi connectivity index (χ0v) is 20.2. The number of carbonyl (C=O) groups is 3. The minimum Gasteiger partial charge on any atom is -0.465 e. The van der Waals surface area contributed by atoms with Gasteiger partial charge in [-0.15, -0.1) is 0 Å². The van der Waals surface area contributed by atoms with E-state index in [-0.39, 0.29) is 31.7 Å². The van der Waals surface area contributed by atoms with Gasteiger partial charge < -0.3 is 19.6 Å². The molecule has 3 unspecified atom stereocenters. The summed E-state index contributed by atoms with van der Waals surface area (Å²) in [6.07, 6.45) is -12.5. The summed E-state index contributed by atoms with van der Waals surface area (Å²) in [7, 11) is 1.00.